The zero-order valence-electron chi connectivity index (χ0n) is 23.8. The van der Waals surface area contributed by atoms with Crippen LogP contribution in [0.3, 0.4) is 0 Å². The van der Waals surface area contributed by atoms with Gasteiger partial charge < -0.3 is 15.1 Å². The van der Waals surface area contributed by atoms with E-state index in [-0.39, 0.29) is 28.2 Å². The summed E-state index contributed by atoms with van der Waals surface area (Å²) in [6, 6.07) is 27.4. The molecule has 1 saturated heterocycles. The van der Waals surface area contributed by atoms with E-state index in [0.717, 1.165) is 26.7 Å². The zero-order chi connectivity index (χ0) is 29.6. The largest absolute Gasteiger partial charge is 0.366 e. The average molecular weight is 594 g/mol. The third kappa shape index (κ3) is 5.14. The second-order valence-corrected chi connectivity index (χ2v) is 12.7. The predicted octanol–water partition coefficient (Wildman–Crippen LogP) is 7.95. The summed E-state index contributed by atoms with van der Waals surface area (Å²) in [5.74, 6) is 0. The molecular weight excluding hydrogens is 563 g/mol. The Kier molecular flexibility index (Phi) is 7.24. The Morgan fingerprint density at radius 1 is 1.00 bits per heavy atom. The number of hydrogen-bond donors (Lipinski definition) is 1. The number of pyridine rings is 1. The Morgan fingerprint density at radius 3 is 2.33 bits per heavy atom. The van der Waals surface area contributed by atoms with Crippen molar-refractivity contribution in [2.75, 3.05) is 16.8 Å². The Hall–Kier alpha value is -4.21. The van der Waals surface area contributed by atoms with E-state index in [9.17, 15) is 10.1 Å². The van der Waals surface area contributed by atoms with Gasteiger partial charge in [0.1, 0.15) is 0 Å². The molecule has 3 heterocycles. The summed E-state index contributed by atoms with van der Waals surface area (Å²) in [5, 5.41) is 15.2. The van der Waals surface area contributed by atoms with Crippen LogP contribution in [-0.2, 0) is 0 Å². The molecule has 3 aromatic carbocycles. The number of nitrogens with zero attached hydrogens (tertiary/aromatic N) is 4. The van der Waals surface area contributed by atoms with Crippen molar-refractivity contribution in [2.45, 2.75) is 48.2 Å². The number of benzene rings is 3. The van der Waals surface area contributed by atoms with Crippen LogP contribution < -0.4 is 15.1 Å². The lowest BCUT2D eigenvalue weighted by Gasteiger charge is -2.41. The van der Waals surface area contributed by atoms with Crippen LogP contribution in [0.15, 0.2) is 107 Å². The van der Waals surface area contributed by atoms with Crippen molar-refractivity contribution in [3.63, 3.8) is 0 Å². The normalized spacial score (nSPS) is 19.2. The van der Waals surface area contributed by atoms with E-state index in [1.165, 1.54) is 29.0 Å². The molecule has 0 saturated carbocycles. The highest BCUT2D eigenvalue weighted by molar-refractivity contribution is 7.99. The molecule has 0 radical (unpaired) electrons. The van der Waals surface area contributed by atoms with Crippen molar-refractivity contribution in [3.05, 3.63) is 124 Å². The van der Waals surface area contributed by atoms with Crippen LogP contribution in [0.5, 0.6) is 0 Å². The fourth-order valence-corrected chi connectivity index (χ4v) is 6.94. The first-order valence-electron chi connectivity index (χ1n) is 13.7. The van der Waals surface area contributed by atoms with Crippen LogP contribution >= 0.6 is 24.0 Å². The molecule has 1 aromatic heterocycles. The molecule has 0 spiro atoms. The third-order valence-corrected chi connectivity index (χ3v) is 9.41. The third-order valence-electron chi connectivity index (χ3n) is 8.08. The summed E-state index contributed by atoms with van der Waals surface area (Å²) >= 11 is 7.51. The van der Waals surface area contributed by atoms with Gasteiger partial charge in [0.25, 0.3) is 5.69 Å². The Balaban J connectivity index is 1.36. The number of non-ortho nitro benzene ring substituents is 1. The molecule has 2 aliphatic heterocycles. The summed E-state index contributed by atoms with van der Waals surface area (Å²) in [6.07, 6.45) is 4.15. The number of rotatable bonds is 6. The fraction of sp³-hybridized carbons (Fsp3) is 0.212. The first-order valence-corrected chi connectivity index (χ1v) is 15.0. The first-order chi connectivity index (χ1) is 20.1. The minimum Gasteiger partial charge on any atom is -0.366 e. The number of anilines is 2. The standard InChI is InChI=1S/C33H31N5O2S2/c1-21-20-33(2,3)36(4)29-17-8-22(19-27(21)29)31-30(28-7-5-6-18-34-28)35-32(41)37(31)23-9-13-25(14-10-23)42-26-15-11-24(12-16-26)38(39)40/h5-20,30-31H,1-4H3,(H,35,41)/t30-,31-/m1/s1. The Bertz CT molecular complexity index is 1690. The molecule has 6 rings (SSSR count). The van der Waals surface area contributed by atoms with Crippen molar-refractivity contribution >= 4 is 51.7 Å². The molecule has 1 fully saturated rings. The molecule has 42 heavy (non-hydrogen) atoms. The summed E-state index contributed by atoms with van der Waals surface area (Å²) < 4.78 is 0. The number of nitrogens with one attached hydrogen (secondary N) is 1. The molecular formula is C33H31N5O2S2. The van der Waals surface area contributed by atoms with Gasteiger partial charge in [-0.3, -0.25) is 15.1 Å². The number of likely N-dealkylation sites (N-methyl/N-ethyl adjacent to an activating group) is 1. The highest BCUT2D eigenvalue weighted by Gasteiger charge is 2.41. The highest BCUT2D eigenvalue weighted by atomic mass is 32.2. The van der Waals surface area contributed by atoms with Gasteiger partial charge in [0.2, 0.25) is 0 Å². The second kappa shape index (κ2) is 10.9. The molecule has 0 bridgehead atoms. The zero-order valence-corrected chi connectivity index (χ0v) is 25.4. The molecule has 2 aliphatic rings. The summed E-state index contributed by atoms with van der Waals surface area (Å²) in [7, 11) is 2.15. The topological polar surface area (TPSA) is 74.5 Å². The lowest BCUT2D eigenvalue weighted by Crippen LogP contribution is -2.42. The van der Waals surface area contributed by atoms with Crippen molar-refractivity contribution < 1.29 is 4.92 Å². The highest BCUT2D eigenvalue weighted by Crippen LogP contribution is 2.45. The average Bonchev–Trinajstić information content (AvgIpc) is 3.33. The Morgan fingerprint density at radius 2 is 1.69 bits per heavy atom. The number of nitro benzene ring substituents is 1. The molecule has 9 heteroatoms. The van der Waals surface area contributed by atoms with E-state index in [1.807, 2.05) is 24.4 Å². The van der Waals surface area contributed by atoms with E-state index in [4.69, 9.17) is 17.2 Å². The number of aromatic nitrogens is 1. The summed E-state index contributed by atoms with van der Waals surface area (Å²) in [6.45, 7) is 6.65. The van der Waals surface area contributed by atoms with Gasteiger partial charge >= 0.3 is 0 Å². The van der Waals surface area contributed by atoms with Gasteiger partial charge in [0.15, 0.2) is 5.11 Å². The van der Waals surface area contributed by atoms with Crippen molar-refractivity contribution in [2.24, 2.45) is 0 Å². The summed E-state index contributed by atoms with van der Waals surface area (Å²) in [5.41, 5.74) is 6.78. The first kappa shape index (κ1) is 27.9. The minimum atomic E-state index is -0.385. The number of nitro groups is 1. The van der Waals surface area contributed by atoms with Crippen LogP contribution in [0.25, 0.3) is 5.57 Å². The fourth-order valence-electron chi connectivity index (χ4n) is 5.78. The predicted molar refractivity (Wildman–Crippen MR) is 174 cm³/mol. The van der Waals surface area contributed by atoms with Gasteiger partial charge in [0, 0.05) is 52.1 Å². The second-order valence-electron chi connectivity index (χ2n) is 11.2. The molecule has 0 unspecified atom stereocenters. The van der Waals surface area contributed by atoms with Crippen LogP contribution in [-0.4, -0.2) is 27.6 Å². The van der Waals surface area contributed by atoms with Gasteiger partial charge in [-0.05, 0) is 105 Å². The quantitative estimate of drug-likeness (QED) is 0.137. The molecule has 7 nitrogen and oxygen atoms in total. The van der Waals surface area contributed by atoms with E-state index < -0.39 is 0 Å². The van der Waals surface area contributed by atoms with Crippen molar-refractivity contribution in [1.29, 1.82) is 0 Å². The number of hydrogen-bond acceptors (Lipinski definition) is 6. The van der Waals surface area contributed by atoms with Crippen molar-refractivity contribution in [1.82, 2.24) is 10.3 Å². The maximum atomic E-state index is 11.0. The van der Waals surface area contributed by atoms with Gasteiger partial charge in [-0.25, -0.2) is 0 Å². The van der Waals surface area contributed by atoms with Crippen LogP contribution in [0.1, 0.15) is 49.7 Å². The molecule has 2 atom stereocenters. The van der Waals surface area contributed by atoms with E-state index in [1.54, 1.807) is 23.9 Å². The molecule has 212 valence electrons. The van der Waals surface area contributed by atoms with Crippen LogP contribution in [0.4, 0.5) is 17.1 Å². The van der Waals surface area contributed by atoms with E-state index in [2.05, 4.69) is 91.5 Å². The molecule has 0 aliphatic carbocycles. The monoisotopic (exact) mass is 593 g/mol. The summed E-state index contributed by atoms with van der Waals surface area (Å²) in [4.78, 5) is 21.8. The van der Waals surface area contributed by atoms with Crippen molar-refractivity contribution in [3.8, 4) is 0 Å². The maximum Gasteiger partial charge on any atom is 0.269 e. The Labute approximate surface area is 255 Å². The van der Waals surface area contributed by atoms with Gasteiger partial charge in [0.05, 0.1) is 28.2 Å². The van der Waals surface area contributed by atoms with E-state index in [0.29, 0.717) is 5.11 Å². The van der Waals surface area contributed by atoms with Gasteiger partial charge in [-0.1, -0.05) is 30.0 Å². The number of thiocarbonyl (C=S) groups is 1. The SMILES string of the molecule is CC1=CC(C)(C)N(C)c2ccc([C@@H]3[C@@H](c4ccccn4)NC(=S)N3c3ccc(Sc4ccc([N+](=O)[O-])cc4)cc3)cc21. The number of fused-ring (bicyclic) bond motifs is 1. The lowest BCUT2D eigenvalue weighted by molar-refractivity contribution is -0.384. The van der Waals surface area contributed by atoms with Gasteiger partial charge in [-0.2, -0.15) is 0 Å². The van der Waals surface area contributed by atoms with Crippen LogP contribution in [0.2, 0.25) is 0 Å². The number of allylic oxidation sites excluding steroid dienone is 1. The smallest absolute Gasteiger partial charge is 0.269 e. The molecule has 0 amide bonds. The van der Waals surface area contributed by atoms with Gasteiger partial charge in [-0.15, -0.1) is 0 Å². The minimum absolute atomic E-state index is 0.0637. The maximum absolute atomic E-state index is 11.0. The molecule has 4 aromatic rings. The van der Waals surface area contributed by atoms with E-state index >= 15 is 0 Å². The lowest BCUT2D eigenvalue weighted by atomic mass is 9.86. The molecule has 1 N–H and O–H groups in total. The van der Waals surface area contributed by atoms with Crippen LogP contribution in [0, 0.1) is 10.1 Å².